The minimum Gasteiger partial charge on any atom is -0.349 e. The first kappa shape index (κ1) is 13.2. The summed E-state index contributed by atoms with van der Waals surface area (Å²) in [5.74, 6) is 0.538. The van der Waals surface area contributed by atoms with Gasteiger partial charge in [-0.2, -0.15) is 5.10 Å². The third-order valence-electron chi connectivity index (χ3n) is 4.21. The van der Waals surface area contributed by atoms with Crippen molar-refractivity contribution in [2.24, 2.45) is 7.05 Å². The highest BCUT2D eigenvalue weighted by Gasteiger charge is 2.29. The topological polar surface area (TPSA) is 46.8 Å². The summed E-state index contributed by atoms with van der Waals surface area (Å²) in [4.78, 5) is 10.9. The van der Waals surface area contributed by atoms with E-state index in [9.17, 15) is 4.39 Å². The normalized spacial score (nSPS) is 18.3. The largest absolute Gasteiger partial charge is 0.349 e. The fraction of sp³-hybridized carbons (Fsp3) is 0.312. The number of nitrogens with zero attached hydrogens (tertiary/aromatic N) is 5. The van der Waals surface area contributed by atoms with Gasteiger partial charge >= 0.3 is 0 Å². The predicted octanol–water partition coefficient (Wildman–Crippen LogP) is 2.84. The van der Waals surface area contributed by atoms with Crippen molar-refractivity contribution in [3.05, 3.63) is 48.3 Å². The third-order valence-corrected chi connectivity index (χ3v) is 4.21. The molecule has 22 heavy (non-hydrogen) atoms. The second-order valence-electron chi connectivity index (χ2n) is 5.66. The minimum absolute atomic E-state index is 0.232. The van der Waals surface area contributed by atoms with E-state index in [1.165, 1.54) is 17.7 Å². The molecule has 4 rings (SSSR count). The fourth-order valence-electron chi connectivity index (χ4n) is 3.22. The van der Waals surface area contributed by atoms with Crippen LogP contribution in [0.3, 0.4) is 0 Å². The summed E-state index contributed by atoms with van der Waals surface area (Å²) >= 11 is 0. The molecule has 1 aromatic carbocycles. The zero-order chi connectivity index (χ0) is 15.1. The van der Waals surface area contributed by atoms with Crippen molar-refractivity contribution in [3.8, 4) is 0 Å². The molecule has 1 atom stereocenters. The summed E-state index contributed by atoms with van der Waals surface area (Å²) in [6.07, 6.45) is 7.61. The van der Waals surface area contributed by atoms with Crippen LogP contribution in [0.15, 0.2) is 36.9 Å². The summed E-state index contributed by atoms with van der Waals surface area (Å²) in [5, 5.41) is 5.03. The number of halogens is 1. The molecule has 3 heterocycles. The van der Waals surface area contributed by atoms with Crippen LogP contribution in [-0.2, 0) is 7.05 Å². The number of hydrogen-bond acceptors (Lipinski definition) is 4. The molecule has 3 aromatic rings. The lowest BCUT2D eigenvalue weighted by Gasteiger charge is -2.25. The van der Waals surface area contributed by atoms with E-state index in [0.717, 1.165) is 36.1 Å². The van der Waals surface area contributed by atoms with Crippen LogP contribution in [0.5, 0.6) is 0 Å². The van der Waals surface area contributed by atoms with Gasteiger partial charge in [-0.3, -0.25) is 4.68 Å². The molecule has 1 unspecified atom stereocenters. The fourth-order valence-corrected chi connectivity index (χ4v) is 3.22. The molecule has 1 aliphatic rings. The summed E-state index contributed by atoms with van der Waals surface area (Å²) in [5.41, 5.74) is 1.94. The first-order chi connectivity index (χ1) is 10.7. The van der Waals surface area contributed by atoms with E-state index >= 15 is 0 Å². The maximum Gasteiger partial charge on any atom is 0.140 e. The van der Waals surface area contributed by atoms with Crippen LogP contribution in [0.25, 0.3) is 10.9 Å². The number of fused-ring (bicyclic) bond motifs is 1. The van der Waals surface area contributed by atoms with Crippen molar-refractivity contribution in [2.75, 3.05) is 11.4 Å². The second-order valence-corrected chi connectivity index (χ2v) is 5.66. The van der Waals surface area contributed by atoms with Gasteiger partial charge in [0.2, 0.25) is 0 Å². The standard InChI is InChI=1S/C16H16FN5/c1-21-9-11(8-20-21)15-3-2-6-22(15)16-13-7-12(17)4-5-14(13)18-10-19-16/h4-5,7-10,15H,2-3,6H2,1H3. The van der Waals surface area contributed by atoms with Crippen molar-refractivity contribution in [1.29, 1.82) is 0 Å². The average Bonchev–Trinajstić information content (AvgIpc) is 3.15. The molecule has 2 aromatic heterocycles. The molecule has 112 valence electrons. The Morgan fingerprint density at radius 2 is 2.18 bits per heavy atom. The van der Waals surface area contributed by atoms with Crippen molar-refractivity contribution in [3.63, 3.8) is 0 Å². The number of aromatic nitrogens is 4. The van der Waals surface area contributed by atoms with Crippen LogP contribution in [-0.4, -0.2) is 26.3 Å². The van der Waals surface area contributed by atoms with Gasteiger partial charge in [0.15, 0.2) is 0 Å². The Balaban J connectivity index is 1.82. The molecule has 0 amide bonds. The molecule has 0 aliphatic carbocycles. The van der Waals surface area contributed by atoms with Crippen molar-refractivity contribution >= 4 is 16.7 Å². The summed E-state index contributed by atoms with van der Waals surface area (Å²) < 4.78 is 15.4. The highest BCUT2D eigenvalue weighted by atomic mass is 19.1. The Labute approximate surface area is 127 Å². The molecule has 0 spiro atoms. The average molecular weight is 297 g/mol. The van der Waals surface area contributed by atoms with E-state index in [-0.39, 0.29) is 11.9 Å². The monoisotopic (exact) mass is 297 g/mol. The highest BCUT2D eigenvalue weighted by molar-refractivity contribution is 5.89. The summed E-state index contributed by atoms with van der Waals surface area (Å²) in [6.45, 7) is 0.905. The SMILES string of the molecule is Cn1cc(C2CCCN2c2ncnc3ccc(F)cc23)cn1. The van der Waals surface area contributed by atoms with Gasteiger partial charge < -0.3 is 4.90 Å². The second kappa shape index (κ2) is 5.05. The molecule has 0 bridgehead atoms. The van der Waals surface area contributed by atoms with Crippen LogP contribution >= 0.6 is 0 Å². The van der Waals surface area contributed by atoms with Crippen molar-refractivity contribution in [1.82, 2.24) is 19.7 Å². The van der Waals surface area contributed by atoms with Crippen LogP contribution in [0.2, 0.25) is 0 Å². The lowest BCUT2D eigenvalue weighted by atomic mass is 10.1. The van der Waals surface area contributed by atoms with Gasteiger partial charge in [-0.05, 0) is 31.0 Å². The molecule has 6 heteroatoms. The van der Waals surface area contributed by atoms with Gasteiger partial charge in [-0.15, -0.1) is 0 Å². The van der Waals surface area contributed by atoms with Crippen LogP contribution in [0, 0.1) is 5.82 Å². The first-order valence-electron chi connectivity index (χ1n) is 7.38. The maximum atomic E-state index is 13.6. The Morgan fingerprint density at radius 1 is 1.27 bits per heavy atom. The number of aryl methyl sites for hydroxylation is 1. The van der Waals surface area contributed by atoms with Gasteiger partial charge in [0.05, 0.1) is 17.8 Å². The molecule has 5 nitrogen and oxygen atoms in total. The summed E-state index contributed by atoms with van der Waals surface area (Å²) in [7, 11) is 1.91. The van der Waals surface area contributed by atoms with E-state index in [4.69, 9.17) is 0 Å². The predicted molar refractivity (Wildman–Crippen MR) is 82.0 cm³/mol. The Morgan fingerprint density at radius 3 is 3.00 bits per heavy atom. The molecular formula is C16H16FN5. The van der Waals surface area contributed by atoms with Crippen LogP contribution in [0.1, 0.15) is 24.4 Å². The highest BCUT2D eigenvalue weighted by Crippen LogP contribution is 2.37. The minimum atomic E-state index is -0.263. The van der Waals surface area contributed by atoms with E-state index < -0.39 is 0 Å². The van der Waals surface area contributed by atoms with Crippen molar-refractivity contribution in [2.45, 2.75) is 18.9 Å². The third kappa shape index (κ3) is 2.11. The Kier molecular flexibility index (Phi) is 3.03. The van der Waals surface area contributed by atoms with Crippen LogP contribution < -0.4 is 4.90 Å². The lowest BCUT2D eigenvalue weighted by Crippen LogP contribution is -2.23. The number of rotatable bonds is 2. The van der Waals surface area contributed by atoms with Crippen LogP contribution in [0.4, 0.5) is 10.2 Å². The maximum absolute atomic E-state index is 13.6. The van der Waals surface area contributed by atoms with Gasteiger partial charge in [0.1, 0.15) is 18.0 Å². The van der Waals surface area contributed by atoms with E-state index in [1.807, 2.05) is 24.1 Å². The van der Waals surface area contributed by atoms with E-state index in [2.05, 4.69) is 20.0 Å². The molecular weight excluding hydrogens is 281 g/mol. The van der Waals surface area contributed by atoms with Crippen molar-refractivity contribution < 1.29 is 4.39 Å². The molecule has 0 N–H and O–H groups in total. The van der Waals surface area contributed by atoms with Gasteiger partial charge in [-0.1, -0.05) is 0 Å². The van der Waals surface area contributed by atoms with E-state index in [0.29, 0.717) is 0 Å². The zero-order valence-electron chi connectivity index (χ0n) is 12.3. The first-order valence-corrected chi connectivity index (χ1v) is 7.38. The number of hydrogen-bond donors (Lipinski definition) is 0. The Bertz CT molecular complexity index is 828. The smallest absolute Gasteiger partial charge is 0.140 e. The summed E-state index contributed by atoms with van der Waals surface area (Å²) in [6, 6.07) is 4.88. The lowest BCUT2D eigenvalue weighted by molar-refractivity contribution is 0.629. The molecule has 1 saturated heterocycles. The molecule has 1 fully saturated rings. The molecule has 0 radical (unpaired) electrons. The zero-order valence-corrected chi connectivity index (χ0v) is 12.3. The molecule has 1 aliphatic heterocycles. The van der Waals surface area contributed by atoms with Gasteiger partial charge in [0, 0.05) is 30.7 Å². The molecule has 0 saturated carbocycles. The quantitative estimate of drug-likeness (QED) is 0.730. The number of benzene rings is 1. The van der Waals surface area contributed by atoms with Gasteiger partial charge in [-0.25, -0.2) is 14.4 Å². The number of anilines is 1. The van der Waals surface area contributed by atoms with Gasteiger partial charge in [0.25, 0.3) is 0 Å². The van der Waals surface area contributed by atoms with E-state index in [1.54, 1.807) is 12.4 Å². The Hall–Kier alpha value is -2.50.